The van der Waals surface area contributed by atoms with Gasteiger partial charge in [-0.2, -0.15) is 0 Å². The lowest BCUT2D eigenvalue weighted by molar-refractivity contribution is 0.136. The molecule has 0 saturated carbocycles. The van der Waals surface area contributed by atoms with Crippen LogP contribution in [0.1, 0.15) is 24.0 Å². The zero-order valence-corrected chi connectivity index (χ0v) is 16.4. The normalized spacial score (nSPS) is 19.4. The molecule has 4 rings (SSSR count). The Morgan fingerprint density at radius 2 is 1.85 bits per heavy atom. The monoisotopic (exact) mass is 404 g/mol. The van der Waals surface area contributed by atoms with E-state index in [0.717, 1.165) is 29.7 Å². The van der Waals surface area contributed by atoms with Crippen LogP contribution in [0.25, 0.3) is 0 Å². The zero-order valence-electron chi connectivity index (χ0n) is 14.8. The van der Waals surface area contributed by atoms with Crippen LogP contribution in [0, 0.1) is 0 Å². The molecule has 7 heteroatoms. The van der Waals surface area contributed by atoms with Crippen molar-refractivity contribution < 1.29 is 13.7 Å². The molecule has 27 heavy (non-hydrogen) atoms. The minimum absolute atomic E-state index is 0.0442. The fourth-order valence-electron chi connectivity index (χ4n) is 3.67. The highest BCUT2D eigenvalue weighted by Gasteiger charge is 2.35. The summed E-state index contributed by atoms with van der Waals surface area (Å²) in [5.41, 5.74) is 2.88. The first-order valence-electron chi connectivity index (χ1n) is 9.03. The molecular formula is C20H21ClN2O3S. The Bertz CT molecular complexity index is 854. The Morgan fingerprint density at radius 1 is 1.11 bits per heavy atom. The fourth-order valence-corrected chi connectivity index (χ4v) is 5.14. The standard InChI is InChI=1S/C20H21ClN2O3S/c21-17-6-7-19-16(12-17)13-26-20(24)23(19)18-8-10-22(11-9-18)27(25)14-15-4-2-1-3-5-15/h1-7,12,18H,8-11,13-14H2. The van der Waals surface area contributed by atoms with E-state index in [0.29, 0.717) is 23.9 Å². The molecule has 1 unspecified atom stereocenters. The van der Waals surface area contributed by atoms with Gasteiger partial charge in [-0.15, -0.1) is 0 Å². The highest BCUT2D eigenvalue weighted by atomic mass is 35.5. The molecule has 1 amide bonds. The molecule has 2 aromatic rings. The molecule has 2 heterocycles. The predicted molar refractivity (Wildman–Crippen MR) is 107 cm³/mol. The van der Waals surface area contributed by atoms with Crippen molar-refractivity contribution in [3.8, 4) is 0 Å². The molecule has 5 nitrogen and oxygen atoms in total. The van der Waals surface area contributed by atoms with E-state index in [2.05, 4.69) is 0 Å². The Balaban J connectivity index is 1.42. The number of ether oxygens (including phenoxy) is 1. The van der Waals surface area contributed by atoms with Gasteiger partial charge in [0.25, 0.3) is 0 Å². The molecule has 0 radical (unpaired) electrons. The Morgan fingerprint density at radius 3 is 2.59 bits per heavy atom. The second-order valence-corrected chi connectivity index (χ2v) is 8.69. The first kappa shape index (κ1) is 18.5. The van der Waals surface area contributed by atoms with E-state index in [1.54, 1.807) is 11.0 Å². The number of carbonyl (C=O) groups excluding carboxylic acids is 1. The minimum atomic E-state index is -1.05. The van der Waals surface area contributed by atoms with Crippen molar-refractivity contribution in [3.63, 3.8) is 0 Å². The first-order chi connectivity index (χ1) is 13.1. The predicted octanol–water partition coefficient (Wildman–Crippen LogP) is 4.12. The quantitative estimate of drug-likeness (QED) is 0.770. The topological polar surface area (TPSA) is 49.9 Å². The molecule has 0 bridgehead atoms. The average Bonchev–Trinajstić information content (AvgIpc) is 2.69. The number of nitrogens with zero attached hydrogens (tertiary/aromatic N) is 2. The number of hydrogen-bond donors (Lipinski definition) is 0. The van der Waals surface area contributed by atoms with E-state index in [1.807, 2.05) is 46.8 Å². The fraction of sp³-hybridized carbons (Fsp3) is 0.350. The van der Waals surface area contributed by atoms with Gasteiger partial charge in [-0.1, -0.05) is 41.9 Å². The van der Waals surface area contributed by atoms with Gasteiger partial charge in [0.05, 0.1) is 22.4 Å². The largest absolute Gasteiger partial charge is 0.444 e. The van der Waals surface area contributed by atoms with Crippen LogP contribution >= 0.6 is 11.6 Å². The molecule has 142 valence electrons. The van der Waals surface area contributed by atoms with Crippen LogP contribution in [0.2, 0.25) is 5.02 Å². The van der Waals surface area contributed by atoms with E-state index in [1.165, 1.54) is 0 Å². The van der Waals surface area contributed by atoms with Gasteiger partial charge in [0.1, 0.15) is 6.61 Å². The van der Waals surface area contributed by atoms with Gasteiger partial charge in [-0.3, -0.25) is 4.90 Å². The zero-order chi connectivity index (χ0) is 18.8. The number of cyclic esters (lactones) is 1. The Labute approximate surface area is 166 Å². The average molecular weight is 405 g/mol. The van der Waals surface area contributed by atoms with Crippen molar-refractivity contribution in [2.75, 3.05) is 18.0 Å². The number of halogens is 1. The van der Waals surface area contributed by atoms with Gasteiger partial charge in [0.2, 0.25) is 0 Å². The third-order valence-electron chi connectivity index (χ3n) is 5.06. The smallest absolute Gasteiger partial charge is 0.414 e. The molecule has 2 aliphatic rings. The third kappa shape index (κ3) is 4.03. The summed E-state index contributed by atoms with van der Waals surface area (Å²) in [4.78, 5) is 14.1. The van der Waals surface area contributed by atoms with E-state index in [4.69, 9.17) is 16.3 Å². The van der Waals surface area contributed by atoms with Crippen molar-refractivity contribution in [1.82, 2.24) is 4.31 Å². The van der Waals surface area contributed by atoms with Crippen LogP contribution in [0.4, 0.5) is 10.5 Å². The van der Waals surface area contributed by atoms with Crippen molar-refractivity contribution in [3.05, 3.63) is 64.7 Å². The van der Waals surface area contributed by atoms with Gasteiger partial charge < -0.3 is 4.74 Å². The SMILES string of the molecule is O=C1OCc2cc(Cl)ccc2N1C1CCN(S(=O)Cc2ccccc2)CC1. The number of piperidine rings is 1. The van der Waals surface area contributed by atoms with Crippen molar-refractivity contribution >= 4 is 34.4 Å². The minimum Gasteiger partial charge on any atom is -0.444 e. The number of fused-ring (bicyclic) bond motifs is 1. The van der Waals surface area contributed by atoms with Crippen molar-refractivity contribution in [1.29, 1.82) is 0 Å². The Kier molecular flexibility index (Phi) is 5.48. The summed E-state index contributed by atoms with van der Waals surface area (Å²) in [5.74, 6) is 0.526. The summed E-state index contributed by atoms with van der Waals surface area (Å²) >= 11 is 6.07. The molecule has 0 N–H and O–H groups in total. The molecular weight excluding hydrogens is 384 g/mol. The highest BCUT2D eigenvalue weighted by Crippen LogP contribution is 2.33. The first-order valence-corrected chi connectivity index (χ1v) is 10.7. The van der Waals surface area contributed by atoms with Crippen LogP contribution in [-0.4, -0.2) is 33.7 Å². The van der Waals surface area contributed by atoms with Crippen molar-refractivity contribution in [2.24, 2.45) is 0 Å². The molecule has 2 aliphatic heterocycles. The van der Waals surface area contributed by atoms with Gasteiger partial charge in [-0.05, 0) is 36.6 Å². The lowest BCUT2D eigenvalue weighted by atomic mass is 10.0. The Hall–Kier alpha value is -1.89. The van der Waals surface area contributed by atoms with E-state index >= 15 is 0 Å². The number of benzene rings is 2. The van der Waals surface area contributed by atoms with Gasteiger partial charge in [-0.25, -0.2) is 13.3 Å². The van der Waals surface area contributed by atoms with Crippen LogP contribution in [0.3, 0.4) is 0 Å². The maximum Gasteiger partial charge on any atom is 0.414 e. The van der Waals surface area contributed by atoms with E-state index in [9.17, 15) is 9.00 Å². The summed E-state index contributed by atoms with van der Waals surface area (Å²) in [5, 5.41) is 0.637. The van der Waals surface area contributed by atoms with E-state index in [-0.39, 0.29) is 18.7 Å². The maximum atomic E-state index is 12.7. The summed E-state index contributed by atoms with van der Waals surface area (Å²) in [6.45, 7) is 1.64. The molecule has 1 atom stereocenters. The molecule has 0 aliphatic carbocycles. The van der Waals surface area contributed by atoms with Crippen LogP contribution in [-0.2, 0) is 28.1 Å². The second-order valence-electron chi connectivity index (χ2n) is 6.81. The number of amides is 1. The van der Waals surface area contributed by atoms with Gasteiger partial charge >= 0.3 is 6.09 Å². The van der Waals surface area contributed by atoms with Crippen molar-refractivity contribution in [2.45, 2.75) is 31.2 Å². The molecule has 0 aromatic heterocycles. The summed E-state index contributed by atoms with van der Waals surface area (Å²) in [6.07, 6.45) is 1.21. The molecule has 1 saturated heterocycles. The number of anilines is 1. The lowest BCUT2D eigenvalue weighted by Crippen LogP contribution is -2.49. The van der Waals surface area contributed by atoms with Crippen LogP contribution in [0.5, 0.6) is 0 Å². The number of hydrogen-bond acceptors (Lipinski definition) is 3. The highest BCUT2D eigenvalue weighted by molar-refractivity contribution is 7.81. The number of rotatable bonds is 4. The third-order valence-corrected chi connectivity index (χ3v) is 6.81. The molecule has 0 spiro atoms. The second kappa shape index (κ2) is 8.00. The number of carbonyl (C=O) groups is 1. The van der Waals surface area contributed by atoms with Gasteiger partial charge in [0.15, 0.2) is 0 Å². The van der Waals surface area contributed by atoms with Gasteiger partial charge in [0, 0.05) is 29.7 Å². The molecule has 1 fully saturated rings. The lowest BCUT2D eigenvalue weighted by Gasteiger charge is -2.39. The van der Waals surface area contributed by atoms with Crippen LogP contribution in [0.15, 0.2) is 48.5 Å². The van der Waals surface area contributed by atoms with Crippen LogP contribution < -0.4 is 4.90 Å². The summed E-state index contributed by atoms with van der Waals surface area (Å²) < 4.78 is 20.0. The summed E-state index contributed by atoms with van der Waals surface area (Å²) in [7, 11) is -1.05. The maximum absolute atomic E-state index is 12.7. The summed E-state index contributed by atoms with van der Waals surface area (Å²) in [6, 6.07) is 15.5. The van der Waals surface area contributed by atoms with E-state index < -0.39 is 11.0 Å². The molecule has 2 aromatic carbocycles.